The van der Waals surface area contributed by atoms with Crippen molar-refractivity contribution < 1.29 is 62.3 Å². The van der Waals surface area contributed by atoms with Gasteiger partial charge in [0.1, 0.15) is 0 Å². The van der Waals surface area contributed by atoms with Crippen LogP contribution in [-0.4, -0.2) is 87.0 Å². The lowest BCUT2D eigenvalue weighted by molar-refractivity contribution is -0.156. The van der Waals surface area contributed by atoms with E-state index in [-0.39, 0.29) is 23.1 Å². The van der Waals surface area contributed by atoms with Crippen molar-refractivity contribution in [2.45, 2.75) is 48.5 Å². The lowest BCUT2D eigenvalue weighted by Gasteiger charge is -2.10. The molecule has 6 amide bonds. The molecule has 0 saturated heterocycles. The third-order valence-corrected chi connectivity index (χ3v) is 8.92. The number of benzene rings is 3. The smallest absolute Gasteiger partial charge is 0.310 e. The van der Waals surface area contributed by atoms with E-state index in [2.05, 4.69) is 30.7 Å². The number of fused-ring (bicyclic) bond motifs is 2. The van der Waals surface area contributed by atoms with Crippen molar-refractivity contribution in [3.05, 3.63) is 148 Å². The number of hydrogen-bond acceptors (Lipinski definition) is 16. The molecule has 0 aliphatic carbocycles. The summed E-state index contributed by atoms with van der Waals surface area (Å²) in [5.74, 6) is -1.70. The van der Waals surface area contributed by atoms with E-state index in [0.717, 1.165) is 21.6 Å². The topological polar surface area (TPSA) is 317 Å². The molecule has 4 heterocycles. The summed E-state index contributed by atoms with van der Waals surface area (Å²) in [6.45, 7) is 9.98. The number of anilines is 3. The van der Waals surface area contributed by atoms with E-state index in [0.29, 0.717) is 33.6 Å². The van der Waals surface area contributed by atoms with Crippen LogP contribution < -0.4 is 32.1 Å². The highest BCUT2D eigenvalue weighted by molar-refractivity contribution is 6.56. The SMILES string of the molecule is CC(=O)N1C(=O)C(=O)c2cc(C)ccc21.CC(=O)Nc1ccc(C)cc1C(=O)C(=O)CNC(=O)c1ccncc1.CC(=O)OC(C)=O.Cc1ccc2c(c1)C(=O)C(=O)N2.NNC(=O)c1ccncc1. The zero-order valence-electron chi connectivity index (χ0n) is 38.2. The van der Waals surface area contributed by atoms with E-state index in [1.54, 1.807) is 61.5 Å². The Balaban J connectivity index is 0.000000245. The highest BCUT2D eigenvalue weighted by Gasteiger charge is 2.38. The number of imide groups is 1. The minimum absolute atomic E-state index is 0.0957. The summed E-state index contributed by atoms with van der Waals surface area (Å²) in [7, 11) is 0. The van der Waals surface area contributed by atoms with Crippen molar-refractivity contribution >= 4 is 87.6 Å². The maximum absolute atomic E-state index is 12.4. The molecule has 21 nitrogen and oxygen atoms in total. The lowest BCUT2D eigenvalue weighted by atomic mass is 10.0. The molecular formula is C48H46N8O13. The number of aromatic nitrogens is 2. The van der Waals surface area contributed by atoms with E-state index in [1.807, 2.05) is 25.3 Å². The number of ketones is 4. The summed E-state index contributed by atoms with van der Waals surface area (Å²) in [5.41, 5.74) is 7.68. The molecule has 0 bridgehead atoms. The number of aryl methyl sites for hydroxylation is 3. The molecule has 2 aromatic heterocycles. The van der Waals surface area contributed by atoms with Gasteiger partial charge in [0.15, 0.2) is 0 Å². The molecule has 7 rings (SSSR count). The number of carbonyl (C=O) groups excluding carboxylic acids is 12. The molecule has 2 aliphatic heterocycles. The molecule has 6 N–H and O–H groups in total. The van der Waals surface area contributed by atoms with Crippen molar-refractivity contribution in [3.8, 4) is 0 Å². The van der Waals surface area contributed by atoms with E-state index in [9.17, 15) is 57.5 Å². The van der Waals surface area contributed by atoms with E-state index >= 15 is 0 Å². The van der Waals surface area contributed by atoms with Crippen LogP contribution in [0.25, 0.3) is 0 Å². The first-order valence-electron chi connectivity index (χ1n) is 20.3. The van der Waals surface area contributed by atoms with Crippen molar-refractivity contribution in [1.29, 1.82) is 0 Å². The fraction of sp³-hybridized carbons (Fsp3) is 0.167. The Morgan fingerprint density at radius 1 is 0.638 bits per heavy atom. The zero-order chi connectivity index (χ0) is 51.5. The number of hydrogen-bond donors (Lipinski definition) is 5. The lowest BCUT2D eigenvalue weighted by Crippen LogP contribution is -2.33. The fourth-order valence-electron chi connectivity index (χ4n) is 5.85. The van der Waals surface area contributed by atoms with Gasteiger partial charge in [-0.2, -0.15) is 0 Å². The number of nitrogen functional groups attached to an aromatic ring is 1. The van der Waals surface area contributed by atoms with Gasteiger partial charge in [-0.25, -0.2) is 10.7 Å². The van der Waals surface area contributed by atoms with E-state index in [4.69, 9.17) is 5.84 Å². The Bertz CT molecular complexity index is 2840. The molecule has 5 aromatic rings. The first-order valence-corrected chi connectivity index (χ1v) is 20.3. The number of amides is 6. The van der Waals surface area contributed by atoms with Crippen molar-refractivity contribution in [2.24, 2.45) is 5.84 Å². The minimum Gasteiger partial charge on any atom is -0.394 e. The van der Waals surface area contributed by atoms with Gasteiger partial charge in [0.25, 0.3) is 29.3 Å². The number of esters is 2. The molecule has 0 fully saturated rings. The van der Waals surface area contributed by atoms with E-state index in [1.165, 1.54) is 70.7 Å². The van der Waals surface area contributed by atoms with Crippen molar-refractivity contribution in [3.63, 3.8) is 0 Å². The maximum Gasteiger partial charge on any atom is 0.310 e. The Morgan fingerprint density at radius 3 is 1.65 bits per heavy atom. The molecule has 0 spiro atoms. The zero-order valence-corrected chi connectivity index (χ0v) is 38.2. The van der Waals surface area contributed by atoms with Crippen LogP contribution in [0.3, 0.4) is 0 Å². The van der Waals surface area contributed by atoms with Crippen LogP contribution in [0.1, 0.15) is 96.2 Å². The predicted molar refractivity (Wildman–Crippen MR) is 248 cm³/mol. The Morgan fingerprint density at radius 2 is 1.14 bits per heavy atom. The molecule has 0 saturated carbocycles. The van der Waals surface area contributed by atoms with Gasteiger partial charge in [0.05, 0.1) is 34.7 Å². The van der Waals surface area contributed by atoms with Gasteiger partial charge in [-0.05, 0) is 81.4 Å². The highest BCUT2D eigenvalue weighted by Crippen LogP contribution is 2.29. The van der Waals surface area contributed by atoms with Crippen LogP contribution in [0, 0.1) is 20.8 Å². The summed E-state index contributed by atoms with van der Waals surface area (Å²) >= 11 is 0. The highest BCUT2D eigenvalue weighted by atomic mass is 16.6. The van der Waals surface area contributed by atoms with E-state index < -0.39 is 65.2 Å². The Labute approximate surface area is 394 Å². The summed E-state index contributed by atoms with van der Waals surface area (Å²) < 4.78 is 3.97. The van der Waals surface area contributed by atoms with Gasteiger partial charge in [-0.3, -0.25) is 72.9 Å². The number of hydrazine groups is 1. The number of carbonyl (C=O) groups is 12. The minimum atomic E-state index is -0.778. The molecule has 69 heavy (non-hydrogen) atoms. The third kappa shape index (κ3) is 16.0. The number of nitrogens with two attached hydrogens (primary N) is 1. The monoisotopic (exact) mass is 942 g/mol. The third-order valence-electron chi connectivity index (χ3n) is 8.92. The molecule has 21 heteroatoms. The van der Waals surface area contributed by atoms with Gasteiger partial charge < -0.3 is 20.7 Å². The van der Waals surface area contributed by atoms with Gasteiger partial charge in [-0.15, -0.1) is 0 Å². The van der Waals surface area contributed by atoms with Crippen LogP contribution in [0.4, 0.5) is 17.1 Å². The Kier molecular flexibility index (Phi) is 20.0. The summed E-state index contributed by atoms with van der Waals surface area (Å²) in [5, 5.41) is 7.41. The number of pyridine rings is 2. The number of nitrogens with zero attached hydrogens (tertiary/aromatic N) is 3. The maximum atomic E-state index is 12.4. The molecule has 0 radical (unpaired) electrons. The Hall–Kier alpha value is -9.24. The second-order valence-electron chi connectivity index (χ2n) is 14.5. The fourth-order valence-corrected chi connectivity index (χ4v) is 5.85. The molecule has 3 aromatic carbocycles. The molecule has 0 unspecified atom stereocenters. The molecular weight excluding hydrogens is 897 g/mol. The summed E-state index contributed by atoms with van der Waals surface area (Å²) in [6.07, 6.45) is 5.97. The number of rotatable bonds is 7. The average molecular weight is 943 g/mol. The largest absolute Gasteiger partial charge is 0.394 e. The van der Waals surface area contributed by atoms with Crippen LogP contribution >= 0.6 is 0 Å². The molecule has 356 valence electrons. The second-order valence-corrected chi connectivity index (χ2v) is 14.5. The van der Waals surface area contributed by atoms with Crippen LogP contribution in [0.5, 0.6) is 0 Å². The van der Waals surface area contributed by atoms with Gasteiger partial charge in [0, 0.05) is 69.2 Å². The van der Waals surface area contributed by atoms with Crippen molar-refractivity contribution in [1.82, 2.24) is 20.7 Å². The molecule has 0 atom stereocenters. The van der Waals surface area contributed by atoms with Crippen molar-refractivity contribution in [2.75, 3.05) is 22.1 Å². The second kappa shape index (κ2) is 25.5. The normalized spacial score (nSPS) is 11.3. The molecule has 2 aliphatic rings. The number of Topliss-reactive ketones (excluding diaryl/α,β-unsaturated/α-hetero) is 4. The first-order chi connectivity index (χ1) is 32.5. The standard InChI is InChI=1S/C18H17N3O4.C11H9NO3.C9H7NO2.C6H7N3O.C4H6O3/c1-11-3-4-15(21-12(2)22)14(9-11)17(24)16(23)10-20-18(25)13-5-7-19-8-6-13;1-6-3-4-9-8(5-6)10(14)11(15)12(9)7(2)13;1-5-2-3-7-6(4-5)8(11)9(12)10-7;7-9-6(10)5-1-3-8-4-2-5;1-3(5)7-4(2)6/h3-9H,10H2,1-2H3,(H,20,25)(H,21,22);3-5H,1-2H3;2-4H,1H3,(H,10,11,12);1-4H,7H2,(H,9,10);1-2H3. The van der Waals surface area contributed by atoms with Gasteiger partial charge in [-0.1, -0.05) is 34.9 Å². The first kappa shape index (κ1) is 54.1. The average Bonchev–Trinajstić information content (AvgIpc) is 3.74. The summed E-state index contributed by atoms with van der Waals surface area (Å²) in [4.78, 5) is 143. The van der Waals surface area contributed by atoms with Crippen LogP contribution in [-0.2, 0) is 38.3 Å². The van der Waals surface area contributed by atoms with Gasteiger partial charge in [0.2, 0.25) is 23.4 Å². The number of nitrogens with one attached hydrogen (secondary N) is 4. The quantitative estimate of drug-likeness (QED) is 0.0296. The predicted octanol–water partition coefficient (Wildman–Crippen LogP) is 3.51. The van der Waals surface area contributed by atoms with Crippen LogP contribution in [0.15, 0.2) is 104 Å². The van der Waals surface area contributed by atoms with Gasteiger partial charge >= 0.3 is 17.8 Å². The number of ether oxygens (including phenoxy) is 1. The van der Waals surface area contributed by atoms with Crippen LogP contribution in [0.2, 0.25) is 0 Å². The summed E-state index contributed by atoms with van der Waals surface area (Å²) in [6, 6.07) is 21.3.